The Hall–Kier alpha value is -1.35. The first-order valence-electron chi connectivity index (χ1n) is 7.52. The molecule has 0 aliphatic carbocycles. The minimum atomic E-state index is -0.612. The summed E-state index contributed by atoms with van der Waals surface area (Å²) in [5.74, 6) is -0.764. The molecule has 0 radical (unpaired) electrons. The Bertz CT molecular complexity index is 529. The zero-order valence-corrected chi connectivity index (χ0v) is 12.5. The summed E-state index contributed by atoms with van der Waals surface area (Å²) in [6.07, 6.45) is 3.05. The second kappa shape index (κ2) is 4.88. The Morgan fingerprint density at radius 2 is 1.90 bits per heavy atom. The molecule has 20 heavy (non-hydrogen) atoms. The third-order valence-electron chi connectivity index (χ3n) is 5.18. The summed E-state index contributed by atoms with van der Waals surface area (Å²) >= 11 is 0. The van der Waals surface area contributed by atoms with Gasteiger partial charge in [0.1, 0.15) is 0 Å². The van der Waals surface area contributed by atoms with E-state index in [1.54, 1.807) is 0 Å². The standard InChI is InChI=1S/C17H23NO2/c1-10-6-11(2)15(12(3)7-10)9-18-13-4-5-16(18)14(8-13)17(19)20/h6-7,13-14,16H,4-5,8-9H2,1-3H3,(H,19,20). The normalized spacial score (nSPS) is 29.1. The monoisotopic (exact) mass is 273 g/mol. The summed E-state index contributed by atoms with van der Waals surface area (Å²) in [7, 11) is 0. The van der Waals surface area contributed by atoms with Gasteiger partial charge in [0.25, 0.3) is 0 Å². The van der Waals surface area contributed by atoms with E-state index in [4.69, 9.17) is 0 Å². The fraction of sp³-hybridized carbons (Fsp3) is 0.588. The van der Waals surface area contributed by atoms with Crippen molar-refractivity contribution in [2.75, 3.05) is 0 Å². The number of carboxylic acid groups (broad SMARTS) is 1. The van der Waals surface area contributed by atoms with Crippen molar-refractivity contribution in [3.63, 3.8) is 0 Å². The molecule has 2 aliphatic heterocycles. The number of hydrogen-bond donors (Lipinski definition) is 1. The second-order valence-corrected chi connectivity index (χ2v) is 6.53. The van der Waals surface area contributed by atoms with Gasteiger partial charge in [0.15, 0.2) is 0 Å². The molecule has 3 unspecified atom stereocenters. The molecule has 3 atom stereocenters. The molecule has 3 rings (SSSR count). The average Bonchev–Trinajstić information content (AvgIpc) is 2.90. The van der Waals surface area contributed by atoms with E-state index in [0.717, 1.165) is 19.4 Å². The van der Waals surface area contributed by atoms with Crippen LogP contribution >= 0.6 is 0 Å². The fourth-order valence-electron chi connectivity index (χ4n) is 4.25. The molecule has 2 saturated heterocycles. The summed E-state index contributed by atoms with van der Waals surface area (Å²) in [5, 5.41) is 9.34. The predicted octanol–water partition coefficient (Wildman–Crippen LogP) is 3.05. The van der Waals surface area contributed by atoms with E-state index in [-0.39, 0.29) is 12.0 Å². The van der Waals surface area contributed by atoms with Gasteiger partial charge < -0.3 is 5.11 Å². The molecule has 0 spiro atoms. The summed E-state index contributed by atoms with van der Waals surface area (Å²) in [4.78, 5) is 13.8. The topological polar surface area (TPSA) is 40.5 Å². The second-order valence-electron chi connectivity index (χ2n) is 6.53. The molecular formula is C17H23NO2. The zero-order valence-electron chi connectivity index (χ0n) is 12.5. The number of nitrogens with zero attached hydrogens (tertiary/aromatic N) is 1. The average molecular weight is 273 g/mol. The lowest BCUT2D eigenvalue weighted by atomic mass is 9.89. The largest absolute Gasteiger partial charge is 0.481 e. The third kappa shape index (κ3) is 2.14. The van der Waals surface area contributed by atoms with Crippen molar-refractivity contribution in [1.82, 2.24) is 4.90 Å². The number of rotatable bonds is 3. The molecule has 0 saturated carbocycles. The van der Waals surface area contributed by atoms with E-state index >= 15 is 0 Å². The number of carboxylic acids is 1. The van der Waals surface area contributed by atoms with Crippen molar-refractivity contribution < 1.29 is 9.90 Å². The molecule has 1 aromatic carbocycles. The highest BCUT2D eigenvalue weighted by atomic mass is 16.4. The number of aliphatic carboxylic acids is 1. The van der Waals surface area contributed by atoms with Crippen LogP contribution in [0.4, 0.5) is 0 Å². The Morgan fingerprint density at radius 1 is 1.25 bits per heavy atom. The van der Waals surface area contributed by atoms with Crippen LogP contribution < -0.4 is 0 Å². The minimum Gasteiger partial charge on any atom is -0.481 e. The van der Waals surface area contributed by atoms with Gasteiger partial charge in [-0.1, -0.05) is 17.7 Å². The van der Waals surface area contributed by atoms with Crippen LogP contribution in [0.25, 0.3) is 0 Å². The van der Waals surface area contributed by atoms with Gasteiger partial charge >= 0.3 is 5.97 Å². The summed E-state index contributed by atoms with van der Waals surface area (Å²) < 4.78 is 0. The first kappa shape index (κ1) is 13.6. The van der Waals surface area contributed by atoms with E-state index in [2.05, 4.69) is 37.8 Å². The molecule has 2 aliphatic rings. The quantitative estimate of drug-likeness (QED) is 0.920. The predicted molar refractivity (Wildman–Crippen MR) is 78.7 cm³/mol. The van der Waals surface area contributed by atoms with Gasteiger partial charge in [-0.05, 0) is 56.7 Å². The number of fused-ring (bicyclic) bond motifs is 2. The van der Waals surface area contributed by atoms with E-state index < -0.39 is 5.97 Å². The number of aryl methyl sites for hydroxylation is 3. The van der Waals surface area contributed by atoms with E-state index in [1.165, 1.54) is 28.7 Å². The maximum atomic E-state index is 11.3. The van der Waals surface area contributed by atoms with Crippen LogP contribution in [0.15, 0.2) is 12.1 Å². The van der Waals surface area contributed by atoms with Gasteiger partial charge in [0, 0.05) is 18.6 Å². The minimum absolute atomic E-state index is 0.153. The molecule has 108 valence electrons. The maximum absolute atomic E-state index is 11.3. The van der Waals surface area contributed by atoms with Gasteiger partial charge in [-0.2, -0.15) is 0 Å². The molecule has 2 heterocycles. The van der Waals surface area contributed by atoms with E-state index in [0.29, 0.717) is 6.04 Å². The molecule has 0 amide bonds. The van der Waals surface area contributed by atoms with E-state index in [9.17, 15) is 9.90 Å². The van der Waals surface area contributed by atoms with Crippen molar-refractivity contribution >= 4 is 5.97 Å². The summed E-state index contributed by atoms with van der Waals surface area (Å²) in [5.41, 5.74) is 5.36. The smallest absolute Gasteiger partial charge is 0.308 e. The zero-order chi connectivity index (χ0) is 14.4. The van der Waals surface area contributed by atoms with Crippen molar-refractivity contribution in [2.45, 2.75) is 58.7 Å². The van der Waals surface area contributed by atoms with Crippen LogP contribution in [0.3, 0.4) is 0 Å². The first-order chi connectivity index (χ1) is 9.47. The van der Waals surface area contributed by atoms with Crippen molar-refractivity contribution in [3.8, 4) is 0 Å². The lowest BCUT2D eigenvalue weighted by Gasteiger charge is -2.25. The number of benzene rings is 1. The van der Waals surface area contributed by atoms with Crippen LogP contribution in [0, 0.1) is 26.7 Å². The lowest BCUT2D eigenvalue weighted by Crippen LogP contribution is -2.33. The molecule has 3 nitrogen and oxygen atoms in total. The SMILES string of the molecule is Cc1cc(C)c(CN2C3CCC2C(C(=O)O)C3)c(C)c1. The van der Waals surface area contributed by atoms with Gasteiger partial charge in [-0.3, -0.25) is 9.69 Å². The van der Waals surface area contributed by atoms with Crippen LogP contribution in [-0.4, -0.2) is 28.1 Å². The highest BCUT2D eigenvalue weighted by Crippen LogP contribution is 2.43. The highest BCUT2D eigenvalue weighted by Gasteiger charge is 2.49. The Morgan fingerprint density at radius 3 is 2.45 bits per heavy atom. The third-order valence-corrected chi connectivity index (χ3v) is 5.18. The Labute approximate surface area is 120 Å². The van der Waals surface area contributed by atoms with Gasteiger partial charge in [0.05, 0.1) is 5.92 Å². The molecule has 3 heteroatoms. The van der Waals surface area contributed by atoms with Crippen LogP contribution in [0.5, 0.6) is 0 Å². The number of hydrogen-bond acceptors (Lipinski definition) is 2. The van der Waals surface area contributed by atoms with Crippen LogP contribution in [0.1, 0.15) is 41.5 Å². The number of carbonyl (C=O) groups is 1. The van der Waals surface area contributed by atoms with Crippen LogP contribution in [0.2, 0.25) is 0 Å². The molecule has 2 bridgehead atoms. The van der Waals surface area contributed by atoms with Crippen molar-refractivity contribution in [2.24, 2.45) is 5.92 Å². The highest BCUT2D eigenvalue weighted by molar-refractivity contribution is 5.71. The van der Waals surface area contributed by atoms with Crippen LogP contribution in [-0.2, 0) is 11.3 Å². The van der Waals surface area contributed by atoms with E-state index in [1.807, 2.05) is 0 Å². The molecule has 2 fully saturated rings. The lowest BCUT2D eigenvalue weighted by molar-refractivity contribution is -0.142. The molecular weight excluding hydrogens is 250 g/mol. The fourth-order valence-corrected chi connectivity index (χ4v) is 4.25. The maximum Gasteiger partial charge on any atom is 0.308 e. The molecule has 1 aromatic rings. The first-order valence-corrected chi connectivity index (χ1v) is 7.52. The molecule has 0 aromatic heterocycles. The molecule has 1 N–H and O–H groups in total. The Balaban J connectivity index is 1.84. The van der Waals surface area contributed by atoms with Crippen molar-refractivity contribution in [3.05, 3.63) is 34.4 Å². The summed E-state index contributed by atoms with van der Waals surface area (Å²) in [6.45, 7) is 7.38. The van der Waals surface area contributed by atoms with Crippen molar-refractivity contribution in [1.29, 1.82) is 0 Å². The van der Waals surface area contributed by atoms with Gasteiger partial charge in [-0.25, -0.2) is 0 Å². The van der Waals surface area contributed by atoms with Gasteiger partial charge in [-0.15, -0.1) is 0 Å². The summed E-state index contributed by atoms with van der Waals surface area (Å²) in [6, 6.07) is 5.18. The van der Waals surface area contributed by atoms with Gasteiger partial charge in [0.2, 0.25) is 0 Å². The Kier molecular flexibility index (Phi) is 3.33.